The second-order valence-corrected chi connectivity index (χ2v) is 8.34. The van der Waals surface area contributed by atoms with Crippen molar-refractivity contribution in [2.75, 3.05) is 13.1 Å². The van der Waals surface area contributed by atoms with E-state index < -0.39 is 21.8 Å². The summed E-state index contributed by atoms with van der Waals surface area (Å²) < 4.78 is 39.8. The molecule has 2 aliphatic rings. The van der Waals surface area contributed by atoms with E-state index in [1.54, 1.807) is 6.07 Å². The lowest BCUT2D eigenvalue weighted by molar-refractivity contribution is -0.142. The average molecular weight is 338 g/mol. The Balaban J connectivity index is 1.67. The molecule has 0 radical (unpaired) electrons. The molecular formula is C15H15FN2O4S. The fraction of sp³-hybridized carbons (Fsp3) is 0.467. The number of hydrogen-bond donors (Lipinski definition) is 1. The van der Waals surface area contributed by atoms with Crippen molar-refractivity contribution in [3.05, 3.63) is 29.6 Å². The summed E-state index contributed by atoms with van der Waals surface area (Å²) in [5, 5.41) is 17.4. The number of carbonyl (C=O) groups is 1. The summed E-state index contributed by atoms with van der Waals surface area (Å²) in [6.07, 6.45) is 1.55. The van der Waals surface area contributed by atoms with E-state index in [-0.39, 0.29) is 28.2 Å². The highest BCUT2D eigenvalue weighted by atomic mass is 32.2. The minimum absolute atomic E-state index is 0.113. The standard InChI is InChI=1S/C15H15FN2O4S/c16-13-4-12(2-1-11(13)7-17)23(21,22)18-8-15(9-18)5-10(6-15)3-14(19)20/h1-2,4,10H,3,5-6,8-9H2,(H,19,20). The smallest absolute Gasteiger partial charge is 0.303 e. The Morgan fingerprint density at radius 2 is 2.09 bits per heavy atom. The predicted molar refractivity (Wildman–Crippen MR) is 77.3 cm³/mol. The van der Waals surface area contributed by atoms with Crippen LogP contribution in [0.4, 0.5) is 4.39 Å². The molecule has 1 heterocycles. The van der Waals surface area contributed by atoms with Crippen molar-refractivity contribution in [2.24, 2.45) is 11.3 Å². The molecule has 1 aliphatic heterocycles. The van der Waals surface area contributed by atoms with Gasteiger partial charge in [-0.15, -0.1) is 0 Å². The molecule has 1 aromatic rings. The van der Waals surface area contributed by atoms with E-state index in [9.17, 15) is 17.6 Å². The van der Waals surface area contributed by atoms with Gasteiger partial charge in [0.25, 0.3) is 0 Å². The third-order valence-corrected chi connectivity index (χ3v) is 6.42. The first-order chi connectivity index (χ1) is 10.8. The van der Waals surface area contributed by atoms with E-state index in [1.165, 1.54) is 10.4 Å². The molecular weight excluding hydrogens is 323 g/mol. The van der Waals surface area contributed by atoms with Crippen LogP contribution in [0, 0.1) is 28.5 Å². The first kappa shape index (κ1) is 15.9. The maximum atomic E-state index is 13.6. The minimum atomic E-state index is -3.77. The first-order valence-electron chi connectivity index (χ1n) is 7.17. The molecule has 23 heavy (non-hydrogen) atoms. The van der Waals surface area contributed by atoms with E-state index in [0.717, 1.165) is 12.1 Å². The molecule has 2 fully saturated rings. The number of halogens is 1. The van der Waals surface area contributed by atoms with Crippen LogP contribution in [-0.4, -0.2) is 36.9 Å². The summed E-state index contributed by atoms with van der Waals surface area (Å²) in [5.41, 5.74) is -0.308. The molecule has 0 amide bonds. The van der Waals surface area contributed by atoms with Crippen molar-refractivity contribution in [3.63, 3.8) is 0 Å². The number of sulfonamides is 1. The summed E-state index contributed by atoms with van der Waals surface area (Å²) in [5.74, 6) is -1.57. The third-order valence-electron chi connectivity index (χ3n) is 4.63. The Kier molecular flexibility index (Phi) is 3.65. The Labute approximate surface area is 133 Å². The van der Waals surface area contributed by atoms with Crippen LogP contribution in [-0.2, 0) is 14.8 Å². The van der Waals surface area contributed by atoms with Crippen molar-refractivity contribution in [1.29, 1.82) is 5.26 Å². The molecule has 1 N–H and O–H groups in total. The van der Waals surface area contributed by atoms with Gasteiger partial charge in [0.15, 0.2) is 0 Å². The molecule has 8 heteroatoms. The van der Waals surface area contributed by atoms with Crippen LogP contribution < -0.4 is 0 Å². The third kappa shape index (κ3) is 2.71. The van der Waals surface area contributed by atoms with Crippen molar-refractivity contribution in [3.8, 4) is 6.07 Å². The monoisotopic (exact) mass is 338 g/mol. The number of carboxylic acid groups (broad SMARTS) is 1. The van der Waals surface area contributed by atoms with Gasteiger partial charge in [-0.1, -0.05) is 0 Å². The summed E-state index contributed by atoms with van der Waals surface area (Å²) in [6.45, 7) is 0.681. The quantitative estimate of drug-likeness (QED) is 0.898. The number of nitrogens with zero attached hydrogens (tertiary/aromatic N) is 2. The van der Waals surface area contributed by atoms with Gasteiger partial charge in [-0.2, -0.15) is 9.57 Å². The molecule has 0 bridgehead atoms. The highest BCUT2D eigenvalue weighted by Gasteiger charge is 2.55. The van der Waals surface area contributed by atoms with Crippen LogP contribution in [0.3, 0.4) is 0 Å². The fourth-order valence-electron chi connectivity index (χ4n) is 3.58. The summed E-state index contributed by atoms with van der Waals surface area (Å²) in [6, 6.07) is 4.91. The number of hydrogen-bond acceptors (Lipinski definition) is 4. The van der Waals surface area contributed by atoms with Crippen LogP contribution in [0.1, 0.15) is 24.8 Å². The van der Waals surface area contributed by atoms with Gasteiger partial charge in [-0.25, -0.2) is 12.8 Å². The molecule has 122 valence electrons. The molecule has 1 aromatic carbocycles. The van der Waals surface area contributed by atoms with Gasteiger partial charge >= 0.3 is 5.97 Å². The van der Waals surface area contributed by atoms with E-state index in [1.807, 2.05) is 0 Å². The van der Waals surface area contributed by atoms with E-state index in [2.05, 4.69) is 0 Å². The maximum absolute atomic E-state index is 13.6. The molecule has 0 atom stereocenters. The van der Waals surface area contributed by atoms with Crippen LogP contribution in [0.25, 0.3) is 0 Å². The van der Waals surface area contributed by atoms with Gasteiger partial charge in [0, 0.05) is 19.5 Å². The summed E-state index contributed by atoms with van der Waals surface area (Å²) >= 11 is 0. The Hall–Kier alpha value is -1.98. The normalized spacial score (nSPS) is 20.5. The Bertz CT molecular complexity index is 801. The zero-order chi connectivity index (χ0) is 16.8. The van der Waals surface area contributed by atoms with Crippen molar-refractivity contribution in [1.82, 2.24) is 4.31 Å². The Morgan fingerprint density at radius 3 is 2.61 bits per heavy atom. The lowest BCUT2D eigenvalue weighted by Gasteiger charge is -2.58. The zero-order valence-electron chi connectivity index (χ0n) is 12.2. The number of benzene rings is 1. The van der Waals surface area contributed by atoms with Gasteiger partial charge in [-0.3, -0.25) is 4.79 Å². The number of nitriles is 1. The van der Waals surface area contributed by atoms with Crippen LogP contribution in [0.2, 0.25) is 0 Å². The molecule has 1 aliphatic carbocycles. The number of aliphatic carboxylic acids is 1. The summed E-state index contributed by atoms with van der Waals surface area (Å²) in [4.78, 5) is 10.5. The van der Waals surface area contributed by atoms with Crippen LogP contribution >= 0.6 is 0 Å². The van der Waals surface area contributed by atoms with Crippen LogP contribution in [0.5, 0.6) is 0 Å². The Morgan fingerprint density at radius 1 is 1.43 bits per heavy atom. The highest BCUT2D eigenvalue weighted by molar-refractivity contribution is 7.89. The molecule has 0 aromatic heterocycles. The number of carboxylic acids is 1. The zero-order valence-corrected chi connectivity index (χ0v) is 13.0. The maximum Gasteiger partial charge on any atom is 0.303 e. The van der Waals surface area contributed by atoms with Crippen molar-refractivity contribution in [2.45, 2.75) is 24.2 Å². The lowest BCUT2D eigenvalue weighted by atomic mass is 9.58. The minimum Gasteiger partial charge on any atom is -0.481 e. The fourth-order valence-corrected chi connectivity index (χ4v) is 5.26. The molecule has 6 nitrogen and oxygen atoms in total. The van der Waals surface area contributed by atoms with E-state index in [0.29, 0.717) is 25.9 Å². The largest absolute Gasteiger partial charge is 0.481 e. The average Bonchev–Trinajstić information content (AvgIpc) is 2.39. The van der Waals surface area contributed by atoms with Gasteiger partial charge in [0.1, 0.15) is 11.9 Å². The molecule has 1 spiro atoms. The predicted octanol–water partition coefficient (Wildman–Crippen LogP) is 1.57. The lowest BCUT2D eigenvalue weighted by Crippen LogP contribution is -2.63. The molecule has 0 unspecified atom stereocenters. The van der Waals surface area contributed by atoms with Gasteiger partial charge in [0.05, 0.1) is 10.5 Å². The first-order valence-corrected chi connectivity index (χ1v) is 8.61. The second kappa shape index (κ2) is 5.28. The topological polar surface area (TPSA) is 98.5 Å². The molecule has 1 saturated carbocycles. The highest BCUT2D eigenvalue weighted by Crippen LogP contribution is 2.54. The summed E-state index contributed by atoms with van der Waals surface area (Å²) in [7, 11) is -3.77. The van der Waals surface area contributed by atoms with Crippen molar-refractivity contribution >= 4 is 16.0 Å². The van der Waals surface area contributed by atoms with E-state index in [4.69, 9.17) is 10.4 Å². The van der Waals surface area contributed by atoms with E-state index >= 15 is 0 Å². The van der Waals surface area contributed by atoms with Gasteiger partial charge in [0.2, 0.25) is 10.0 Å². The van der Waals surface area contributed by atoms with Crippen LogP contribution in [0.15, 0.2) is 23.1 Å². The SMILES string of the molecule is N#Cc1ccc(S(=O)(=O)N2CC3(CC(CC(=O)O)C3)C2)cc1F. The van der Waals surface area contributed by atoms with Crippen molar-refractivity contribution < 1.29 is 22.7 Å². The molecule has 3 rings (SSSR count). The number of rotatable bonds is 4. The second-order valence-electron chi connectivity index (χ2n) is 6.40. The molecule has 1 saturated heterocycles. The van der Waals surface area contributed by atoms with Gasteiger partial charge < -0.3 is 5.11 Å². The van der Waals surface area contributed by atoms with Gasteiger partial charge in [-0.05, 0) is 42.4 Å².